The SMILES string of the molecule is COc1ccc(CCN=C(N)NCCNC(=O)c2ccc(Br)cc2)cc1OC.I. The first-order valence-corrected chi connectivity index (χ1v) is 9.61. The topological polar surface area (TPSA) is 98.0 Å². The molecular weight excluding hydrogens is 551 g/mol. The predicted molar refractivity (Wildman–Crippen MR) is 130 cm³/mol. The van der Waals surface area contributed by atoms with Crippen molar-refractivity contribution in [1.29, 1.82) is 0 Å². The van der Waals surface area contributed by atoms with Crippen molar-refractivity contribution in [2.24, 2.45) is 10.7 Å². The lowest BCUT2D eigenvalue weighted by molar-refractivity contribution is 0.0954. The molecule has 29 heavy (non-hydrogen) atoms. The lowest BCUT2D eigenvalue weighted by Crippen LogP contribution is -2.38. The zero-order valence-corrected chi connectivity index (χ0v) is 20.3. The average Bonchev–Trinajstić information content (AvgIpc) is 2.71. The fourth-order valence-corrected chi connectivity index (χ4v) is 2.73. The van der Waals surface area contributed by atoms with E-state index in [1.54, 1.807) is 26.4 Å². The number of guanidine groups is 1. The third-order valence-electron chi connectivity index (χ3n) is 3.95. The standard InChI is InChI=1S/C20H25BrN4O3.HI/c1-27-17-8-3-14(13-18(17)28-2)9-10-24-20(22)25-12-11-23-19(26)15-4-6-16(21)7-5-15;/h3-8,13H,9-12H2,1-2H3,(H,23,26)(H3,22,24,25);1H. The second-order valence-corrected chi connectivity index (χ2v) is 6.81. The second kappa shape index (κ2) is 13.3. The van der Waals surface area contributed by atoms with E-state index in [4.69, 9.17) is 15.2 Å². The summed E-state index contributed by atoms with van der Waals surface area (Å²) in [7, 11) is 3.21. The molecule has 0 atom stereocenters. The molecule has 0 aromatic heterocycles. The van der Waals surface area contributed by atoms with Gasteiger partial charge >= 0.3 is 0 Å². The van der Waals surface area contributed by atoms with Gasteiger partial charge < -0.3 is 25.8 Å². The molecule has 0 saturated carbocycles. The molecule has 0 aliphatic rings. The van der Waals surface area contributed by atoms with Gasteiger partial charge in [0, 0.05) is 29.7 Å². The number of amides is 1. The number of halogens is 2. The van der Waals surface area contributed by atoms with Crippen LogP contribution in [0.15, 0.2) is 51.9 Å². The number of hydrogen-bond acceptors (Lipinski definition) is 4. The summed E-state index contributed by atoms with van der Waals surface area (Å²) in [5, 5.41) is 5.81. The molecule has 0 radical (unpaired) electrons. The van der Waals surface area contributed by atoms with Gasteiger partial charge in [0.25, 0.3) is 5.91 Å². The maximum atomic E-state index is 12.0. The highest BCUT2D eigenvalue weighted by Gasteiger charge is 2.05. The summed E-state index contributed by atoms with van der Waals surface area (Å²) in [4.78, 5) is 16.3. The van der Waals surface area contributed by atoms with Crippen LogP contribution in [0.1, 0.15) is 15.9 Å². The Kier molecular flexibility index (Phi) is 11.4. The summed E-state index contributed by atoms with van der Waals surface area (Å²) in [6.45, 7) is 1.48. The lowest BCUT2D eigenvalue weighted by Gasteiger charge is -2.09. The predicted octanol–water partition coefficient (Wildman–Crippen LogP) is 2.96. The molecule has 7 nitrogen and oxygen atoms in total. The Bertz CT molecular complexity index is 816. The van der Waals surface area contributed by atoms with Gasteiger partial charge in [-0.3, -0.25) is 9.79 Å². The van der Waals surface area contributed by atoms with Gasteiger partial charge in [-0.15, -0.1) is 24.0 Å². The van der Waals surface area contributed by atoms with Crippen LogP contribution in [-0.4, -0.2) is 45.7 Å². The summed E-state index contributed by atoms with van der Waals surface area (Å²) >= 11 is 3.34. The van der Waals surface area contributed by atoms with Crippen LogP contribution in [0, 0.1) is 0 Å². The molecule has 4 N–H and O–H groups in total. The summed E-state index contributed by atoms with van der Waals surface area (Å²) in [5.41, 5.74) is 7.55. The van der Waals surface area contributed by atoms with Crippen LogP contribution in [-0.2, 0) is 6.42 Å². The number of hydrogen-bond donors (Lipinski definition) is 3. The second-order valence-electron chi connectivity index (χ2n) is 5.90. The van der Waals surface area contributed by atoms with Gasteiger partial charge in [0.1, 0.15) is 0 Å². The number of nitrogens with one attached hydrogen (secondary N) is 2. The van der Waals surface area contributed by atoms with Crippen LogP contribution in [0.5, 0.6) is 11.5 Å². The maximum absolute atomic E-state index is 12.0. The molecule has 2 rings (SSSR count). The van der Waals surface area contributed by atoms with Gasteiger partial charge in [-0.25, -0.2) is 0 Å². The minimum absolute atomic E-state index is 0. The number of carbonyl (C=O) groups excluding carboxylic acids is 1. The number of benzene rings is 2. The van der Waals surface area contributed by atoms with Crippen LogP contribution in [0.3, 0.4) is 0 Å². The minimum atomic E-state index is -0.127. The molecule has 2 aromatic carbocycles. The fourth-order valence-electron chi connectivity index (χ4n) is 2.47. The summed E-state index contributed by atoms with van der Waals surface area (Å²) in [6, 6.07) is 12.9. The van der Waals surface area contributed by atoms with Crippen LogP contribution >= 0.6 is 39.9 Å². The molecular formula is C20H26BrIN4O3. The van der Waals surface area contributed by atoms with Crippen molar-refractivity contribution in [3.05, 3.63) is 58.1 Å². The Morgan fingerprint density at radius 2 is 1.69 bits per heavy atom. The highest BCUT2D eigenvalue weighted by atomic mass is 127. The zero-order chi connectivity index (χ0) is 20.4. The van der Waals surface area contributed by atoms with Crippen LogP contribution in [0.2, 0.25) is 0 Å². The Hall–Kier alpha value is -2.01. The van der Waals surface area contributed by atoms with Gasteiger partial charge in [0.2, 0.25) is 0 Å². The quantitative estimate of drug-likeness (QED) is 0.185. The maximum Gasteiger partial charge on any atom is 0.251 e. The molecule has 2 aromatic rings. The van der Waals surface area contributed by atoms with E-state index in [1.165, 1.54) is 0 Å². The van der Waals surface area contributed by atoms with E-state index in [2.05, 4.69) is 31.6 Å². The van der Waals surface area contributed by atoms with E-state index >= 15 is 0 Å². The van der Waals surface area contributed by atoms with Gasteiger partial charge in [-0.1, -0.05) is 22.0 Å². The molecule has 0 unspecified atom stereocenters. The van der Waals surface area contributed by atoms with E-state index in [-0.39, 0.29) is 29.9 Å². The molecule has 0 aliphatic carbocycles. The number of methoxy groups -OCH3 is 2. The van der Waals surface area contributed by atoms with E-state index in [1.807, 2.05) is 30.3 Å². The summed E-state index contributed by atoms with van der Waals surface area (Å²) < 4.78 is 11.4. The Balaban J connectivity index is 0.00000420. The van der Waals surface area contributed by atoms with E-state index in [0.29, 0.717) is 42.7 Å². The molecule has 0 bridgehead atoms. The molecule has 0 saturated heterocycles. The van der Waals surface area contributed by atoms with Crippen molar-refractivity contribution in [1.82, 2.24) is 10.6 Å². The van der Waals surface area contributed by atoms with Gasteiger partial charge in [0.05, 0.1) is 14.2 Å². The monoisotopic (exact) mass is 576 g/mol. The Labute approximate surface area is 196 Å². The van der Waals surface area contributed by atoms with Crippen molar-refractivity contribution in [2.45, 2.75) is 6.42 Å². The number of carbonyl (C=O) groups is 1. The number of nitrogens with two attached hydrogens (primary N) is 1. The van der Waals surface area contributed by atoms with Crippen LogP contribution in [0.4, 0.5) is 0 Å². The third-order valence-corrected chi connectivity index (χ3v) is 4.48. The Morgan fingerprint density at radius 1 is 1.03 bits per heavy atom. The number of aliphatic imine (C=N–C) groups is 1. The molecule has 1 amide bonds. The van der Waals surface area contributed by atoms with Gasteiger partial charge in [0.15, 0.2) is 17.5 Å². The van der Waals surface area contributed by atoms with Crippen molar-refractivity contribution >= 4 is 51.8 Å². The lowest BCUT2D eigenvalue weighted by atomic mass is 10.1. The van der Waals surface area contributed by atoms with Crippen molar-refractivity contribution in [3.63, 3.8) is 0 Å². The molecule has 9 heteroatoms. The number of rotatable bonds is 9. The van der Waals surface area contributed by atoms with Crippen LogP contribution < -0.4 is 25.8 Å². The van der Waals surface area contributed by atoms with Crippen LogP contribution in [0.25, 0.3) is 0 Å². The van der Waals surface area contributed by atoms with Gasteiger partial charge in [-0.2, -0.15) is 0 Å². The summed E-state index contributed by atoms with van der Waals surface area (Å²) in [6.07, 6.45) is 0.725. The van der Waals surface area contributed by atoms with Crippen molar-refractivity contribution in [3.8, 4) is 11.5 Å². The molecule has 0 heterocycles. The van der Waals surface area contributed by atoms with E-state index in [9.17, 15) is 4.79 Å². The highest BCUT2D eigenvalue weighted by Crippen LogP contribution is 2.27. The van der Waals surface area contributed by atoms with E-state index < -0.39 is 0 Å². The van der Waals surface area contributed by atoms with Crippen molar-refractivity contribution < 1.29 is 14.3 Å². The molecule has 158 valence electrons. The average molecular weight is 577 g/mol. The first kappa shape index (κ1) is 25.0. The molecule has 0 spiro atoms. The molecule has 0 fully saturated rings. The smallest absolute Gasteiger partial charge is 0.251 e. The minimum Gasteiger partial charge on any atom is -0.493 e. The zero-order valence-electron chi connectivity index (χ0n) is 16.4. The van der Waals surface area contributed by atoms with Crippen molar-refractivity contribution in [2.75, 3.05) is 33.9 Å². The number of nitrogens with zero attached hydrogens (tertiary/aromatic N) is 1. The third kappa shape index (κ3) is 8.48. The fraction of sp³-hybridized carbons (Fsp3) is 0.300. The first-order valence-electron chi connectivity index (χ1n) is 8.82. The number of ether oxygens (including phenoxy) is 2. The Morgan fingerprint density at radius 3 is 2.34 bits per heavy atom. The highest BCUT2D eigenvalue weighted by molar-refractivity contribution is 14.0. The first-order chi connectivity index (χ1) is 13.5. The van der Waals surface area contributed by atoms with Gasteiger partial charge in [-0.05, 0) is 48.4 Å². The normalized spacial score (nSPS) is 10.7. The van der Waals surface area contributed by atoms with E-state index in [0.717, 1.165) is 16.5 Å². The molecule has 0 aliphatic heterocycles. The largest absolute Gasteiger partial charge is 0.493 e. The summed E-state index contributed by atoms with van der Waals surface area (Å²) in [5.74, 6) is 1.61.